The van der Waals surface area contributed by atoms with Gasteiger partial charge < -0.3 is 10.1 Å². The number of carbonyl (C=O) groups excluding carboxylic acids is 1. The number of amides is 1. The Morgan fingerprint density at radius 3 is 2.44 bits per heavy atom. The minimum absolute atomic E-state index is 0.00909. The highest BCUT2D eigenvalue weighted by Crippen LogP contribution is 2.12. The van der Waals surface area contributed by atoms with E-state index in [2.05, 4.69) is 5.32 Å². The maximum absolute atomic E-state index is 11.4. The Bertz CT molecular complexity index is 496. The first-order chi connectivity index (χ1) is 8.43. The second-order valence-electron chi connectivity index (χ2n) is 3.56. The molecular weight excluding hydrogens is 256 g/mol. The Morgan fingerprint density at radius 2 is 1.94 bits per heavy atom. The van der Waals surface area contributed by atoms with E-state index in [0.717, 1.165) is 0 Å². The number of primary sulfonamides is 1. The molecule has 1 amide bonds. The number of hydrogen-bond acceptors (Lipinski definition) is 4. The summed E-state index contributed by atoms with van der Waals surface area (Å²) in [6.07, 6.45) is 0.255. The van der Waals surface area contributed by atoms with Crippen molar-refractivity contribution in [3.8, 4) is 0 Å². The van der Waals surface area contributed by atoms with Gasteiger partial charge in [-0.05, 0) is 31.2 Å². The van der Waals surface area contributed by atoms with Gasteiger partial charge in [-0.1, -0.05) is 0 Å². The fraction of sp³-hybridized carbons (Fsp3) is 0.364. The van der Waals surface area contributed by atoms with E-state index in [1.165, 1.54) is 24.3 Å². The molecule has 0 unspecified atom stereocenters. The number of carbonyl (C=O) groups is 1. The summed E-state index contributed by atoms with van der Waals surface area (Å²) >= 11 is 0. The molecule has 0 saturated heterocycles. The molecule has 0 aromatic heterocycles. The second-order valence-corrected chi connectivity index (χ2v) is 5.13. The molecule has 0 aliphatic rings. The highest BCUT2D eigenvalue weighted by Gasteiger charge is 2.07. The van der Waals surface area contributed by atoms with Crippen LogP contribution in [0.25, 0.3) is 0 Å². The van der Waals surface area contributed by atoms with Crippen LogP contribution in [0.1, 0.15) is 13.3 Å². The molecule has 7 heteroatoms. The lowest BCUT2D eigenvalue weighted by atomic mass is 10.3. The summed E-state index contributed by atoms with van der Waals surface area (Å²) < 4.78 is 27.1. The highest BCUT2D eigenvalue weighted by atomic mass is 32.2. The zero-order valence-electron chi connectivity index (χ0n) is 10.0. The highest BCUT2D eigenvalue weighted by molar-refractivity contribution is 7.89. The van der Waals surface area contributed by atoms with Gasteiger partial charge in [-0.15, -0.1) is 0 Å². The van der Waals surface area contributed by atoms with Crippen molar-refractivity contribution in [1.82, 2.24) is 0 Å². The smallest absolute Gasteiger partial charge is 0.238 e. The average molecular weight is 272 g/mol. The summed E-state index contributed by atoms with van der Waals surface area (Å²) in [5.41, 5.74) is 0.517. The molecule has 0 aliphatic heterocycles. The van der Waals surface area contributed by atoms with Crippen LogP contribution >= 0.6 is 0 Å². The van der Waals surface area contributed by atoms with Crippen molar-refractivity contribution in [2.45, 2.75) is 18.2 Å². The van der Waals surface area contributed by atoms with Gasteiger partial charge >= 0.3 is 0 Å². The van der Waals surface area contributed by atoms with Crippen LogP contribution in [0.2, 0.25) is 0 Å². The average Bonchev–Trinajstić information content (AvgIpc) is 2.29. The molecule has 3 N–H and O–H groups in total. The van der Waals surface area contributed by atoms with Crippen LogP contribution in [0.5, 0.6) is 0 Å². The van der Waals surface area contributed by atoms with E-state index in [1.807, 2.05) is 6.92 Å². The Hall–Kier alpha value is -1.44. The molecule has 18 heavy (non-hydrogen) atoms. The lowest BCUT2D eigenvalue weighted by Crippen LogP contribution is -2.15. The third-order valence-electron chi connectivity index (χ3n) is 2.14. The van der Waals surface area contributed by atoms with Gasteiger partial charge in [-0.2, -0.15) is 0 Å². The predicted octanol–water partition coefficient (Wildman–Crippen LogP) is 0.699. The van der Waals surface area contributed by atoms with E-state index in [9.17, 15) is 13.2 Å². The zero-order chi connectivity index (χ0) is 13.6. The maximum atomic E-state index is 11.4. The molecule has 0 saturated carbocycles. The third kappa shape index (κ3) is 4.82. The van der Waals surface area contributed by atoms with E-state index in [0.29, 0.717) is 18.9 Å². The monoisotopic (exact) mass is 272 g/mol. The van der Waals surface area contributed by atoms with Crippen LogP contribution in [0.15, 0.2) is 29.2 Å². The van der Waals surface area contributed by atoms with E-state index in [4.69, 9.17) is 9.88 Å². The number of ether oxygens (including phenoxy) is 1. The summed E-state index contributed by atoms with van der Waals surface area (Å²) in [6, 6.07) is 5.65. The molecule has 1 aromatic rings. The standard InChI is InChI=1S/C11H16N2O4S/c1-2-17-8-7-11(14)13-9-3-5-10(6-4-9)18(12,15)16/h3-6H,2,7-8H2,1H3,(H,13,14)(H2,12,15,16). The largest absolute Gasteiger partial charge is 0.381 e. The molecule has 0 heterocycles. The van der Waals surface area contributed by atoms with E-state index in [-0.39, 0.29) is 17.2 Å². The summed E-state index contributed by atoms with van der Waals surface area (Å²) in [7, 11) is -3.70. The minimum atomic E-state index is -3.70. The van der Waals surface area contributed by atoms with Crippen molar-refractivity contribution in [2.24, 2.45) is 5.14 Å². The number of rotatable bonds is 6. The summed E-state index contributed by atoms with van der Waals surface area (Å²) in [4.78, 5) is 11.4. The molecule has 0 radical (unpaired) electrons. The van der Waals surface area contributed by atoms with Crippen LogP contribution in [0, 0.1) is 0 Å². The van der Waals surface area contributed by atoms with Crippen molar-refractivity contribution in [3.63, 3.8) is 0 Å². The normalized spacial score (nSPS) is 11.2. The maximum Gasteiger partial charge on any atom is 0.238 e. The SMILES string of the molecule is CCOCCC(=O)Nc1ccc(S(N)(=O)=O)cc1. The van der Waals surface area contributed by atoms with Crippen molar-refractivity contribution in [1.29, 1.82) is 0 Å². The van der Waals surface area contributed by atoms with E-state index < -0.39 is 10.0 Å². The first-order valence-electron chi connectivity index (χ1n) is 5.44. The number of sulfonamides is 1. The van der Waals surface area contributed by atoms with Gasteiger partial charge in [0.25, 0.3) is 0 Å². The van der Waals surface area contributed by atoms with Crippen molar-refractivity contribution in [2.75, 3.05) is 18.5 Å². The number of anilines is 1. The number of hydrogen-bond donors (Lipinski definition) is 2. The molecule has 0 bridgehead atoms. The van der Waals surface area contributed by atoms with Crippen LogP contribution in [0.4, 0.5) is 5.69 Å². The first kappa shape index (κ1) is 14.6. The molecule has 1 aromatic carbocycles. The van der Waals surface area contributed by atoms with Gasteiger partial charge in [0.05, 0.1) is 17.9 Å². The van der Waals surface area contributed by atoms with Crippen LogP contribution in [-0.4, -0.2) is 27.5 Å². The predicted molar refractivity (Wildman–Crippen MR) is 67.6 cm³/mol. The fourth-order valence-electron chi connectivity index (χ4n) is 1.26. The molecular formula is C11H16N2O4S. The van der Waals surface area contributed by atoms with Crippen LogP contribution in [-0.2, 0) is 19.6 Å². The van der Waals surface area contributed by atoms with Crippen molar-refractivity contribution in [3.05, 3.63) is 24.3 Å². The lowest BCUT2D eigenvalue weighted by molar-refractivity contribution is -0.117. The van der Waals surface area contributed by atoms with Crippen molar-refractivity contribution < 1.29 is 17.9 Å². The quantitative estimate of drug-likeness (QED) is 0.745. The summed E-state index contributed by atoms with van der Waals surface area (Å²) in [5.74, 6) is -0.188. The fourth-order valence-corrected chi connectivity index (χ4v) is 1.78. The van der Waals surface area contributed by atoms with Gasteiger partial charge in [0.1, 0.15) is 0 Å². The van der Waals surface area contributed by atoms with Gasteiger partial charge in [0.15, 0.2) is 0 Å². The minimum Gasteiger partial charge on any atom is -0.381 e. The molecule has 6 nitrogen and oxygen atoms in total. The molecule has 0 aliphatic carbocycles. The van der Waals surface area contributed by atoms with Crippen LogP contribution < -0.4 is 10.5 Å². The third-order valence-corrected chi connectivity index (χ3v) is 3.07. The number of benzene rings is 1. The molecule has 1 rings (SSSR count). The molecule has 0 fully saturated rings. The van der Waals surface area contributed by atoms with E-state index in [1.54, 1.807) is 0 Å². The second kappa shape index (κ2) is 6.48. The Kier molecular flexibility index (Phi) is 5.26. The van der Waals surface area contributed by atoms with Crippen molar-refractivity contribution >= 4 is 21.6 Å². The van der Waals surface area contributed by atoms with Gasteiger partial charge in [0, 0.05) is 12.3 Å². The lowest BCUT2D eigenvalue weighted by Gasteiger charge is -2.06. The molecule has 0 spiro atoms. The van der Waals surface area contributed by atoms with Gasteiger partial charge in [0.2, 0.25) is 15.9 Å². The Labute approximate surface area is 106 Å². The summed E-state index contributed by atoms with van der Waals surface area (Å²) in [6.45, 7) is 2.78. The topological polar surface area (TPSA) is 98.5 Å². The van der Waals surface area contributed by atoms with Gasteiger partial charge in [-0.25, -0.2) is 13.6 Å². The molecule has 100 valence electrons. The zero-order valence-corrected chi connectivity index (χ0v) is 10.9. The summed E-state index contributed by atoms with van der Waals surface area (Å²) in [5, 5.41) is 7.58. The molecule has 0 atom stereocenters. The van der Waals surface area contributed by atoms with Crippen LogP contribution in [0.3, 0.4) is 0 Å². The number of nitrogens with one attached hydrogen (secondary N) is 1. The first-order valence-corrected chi connectivity index (χ1v) is 6.98. The number of nitrogens with two attached hydrogens (primary N) is 1. The van der Waals surface area contributed by atoms with E-state index >= 15 is 0 Å². The Morgan fingerprint density at radius 1 is 1.33 bits per heavy atom. The van der Waals surface area contributed by atoms with Gasteiger partial charge in [-0.3, -0.25) is 4.79 Å². The Balaban J connectivity index is 2.56.